The van der Waals surface area contributed by atoms with Gasteiger partial charge in [0, 0.05) is 21.8 Å². The zero-order valence-electron chi connectivity index (χ0n) is 21.5. The van der Waals surface area contributed by atoms with Crippen molar-refractivity contribution in [1.29, 1.82) is 0 Å². The number of ether oxygens (including phenoxy) is 2. The Bertz CT molecular complexity index is 957. The van der Waals surface area contributed by atoms with E-state index < -0.39 is 10.8 Å². The second kappa shape index (κ2) is 17.4. The molecule has 196 valence electrons. The number of hydrogen-bond acceptors (Lipinski definition) is 5. The van der Waals surface area contributed by atoms with Crippen molar-refractivity contribution in [2.75, 3.05) is 12.5 Å². The number of unbranched alkanes of at least 4 members (excludes halogenated alkanes) is 5. The van der Waals surface area contributed by atoms with Gasteiger partial charge in [-0.1, -0.05) is 88.4 Å². The van der Waals surface area contributed by atoms with Crippen molar-refractivity contribution in [2.24, 2.45) is 0 Å². The summed E-state index contributed by atoms with van der Waals surface area (Å²) >= 11 is 0. The smallest absolute Gasteiger partial charge is 0.231 e. The van der Waals surface area contributed by atoms with Gasteiger partial charge in [-0.25, -0.2) is 0 Å². The van der Waals surface area contributed by atoms with Gasteiger partial charge in [-0.05, 0) is 54.8 Å². The Labute approximate surface area is 218 Å². The molecule has 0 bridgehead atoms. The molecule has 0 spiro atoms. The summed E-state index contributed by atoms with van der Waals surface area (Å²) in [6.07, 6.45) is 8.32. The number of hydrogen-bond donors (Lipinski definition) is 2. The third kappa shape index (κ3) is 12.1. The van der Waals surface area contributed by atoms with E-state index in [1.54, 1.807) is 48.5 Å². The maximum Gasteiger partial charge on any atom is 0.231 e. The summed E-state index contributed by atoms with van der Waals surface area (Å²) in [6, 6.07) is 23.4. The summed E-state index contributed by atoms with van der Waals surface area (Å²) in [5.74, 6) is 3.10. The monoisotopic (exact) mass is 512 g/mol. The zero-order valence-corrected chi connectivity index (χ0v) is 22.3. The Morgan fingerprint density at radius 1 is 0.778 bits per heavy atom. The van der Waals surface area contributed by atoms with Crippen LogP contribution < -0.4 is 9.47 Å². The largest absolute Gasteiger partial charge is 0.508 e. The molecule has 4 rings (SSSR count). The minimum absolute atomic E-state index is 0.191. The van der Waals surface area contributed by atoms with Gasteiger partial charge >= 0.3 is 0 Å². The molecule has 2 unspecified atom stereocenters. The van der Waals surface area contributed by atoms with E-state index in [-0.39, 0.29) is 5.25 Å². The highest BCUT2D eigenvalue weighted by Crippen LogP contribution is 2.33. The number of phenols is 2. The number of aromatic hydroxyl groups is 2. The van der Waals surface area contributed by atoms with Crippen molar-refractivity contribution in [2.45, 2.75) is 64.0 Å². The molecule has 1 aliphatic rings. The van der Waals surface area contributed by atoms with Crippen LogP contribution in [-0.2, 0) is 17.2 Å². The van der Waals surface area contributed by atoms with Gasteiger partial charge in [0.15, 0.2) is 11.5 Å². The maximum absolute atomic E-state index is 12.3. The molecule has 2 N–H and O–H groups in total. The van der Waals surface area contributed by atoms with Gasteiger partial charge < -0.3 is 19.7 Å². The van der Waals surface area contributed by atoms with Crippen molar-refractivity contribution < 1.29 is 23.9 Å². The van der Waals surface area contributed by atoms with Crippen molar-refractivity contribution in [3.05, 3.63) is 84.4 Å². The van der Waals surface area contributed by atoms with Gasteiger partial charge in [0.05, 0.1) is 0 Å². The molecule has 2 atom stereocenters. The summed E-state index contributed by atoms with van der Waals surface area (Å²) in [6.45, 7) is 4.61. The third-order valence-corrected chi connectivity index (χ3v) is 7.38. The highest BCUT2D eigenvalue weighted by atomic mass is 32.2. The Kier molecular flexibility index (Phi) is 14.2. The van der Waals surface area contributed by atoms with Gasteiger partial charge in [0.1, 0.15) is 11.5 Å². The molecular formula is C30H40O5S. The molecule has 0 saturated carbocycles. The van der Waals surface area contributed by atoms with E-state index in [0.717, 1.165) is 30.1 Å². The minimum Gasteiger partial charge on any atom is -0.508 e. The molecule has 6 heteroatoms. The standard InChI is InChI=1S/C18H28O3S.2C6H6O/c1-3-4-5-6-7-8-11-22(19)15(2)12-16-9-10-17-18(13-16)21-14-20-17;2*7-6-4-2-1-3-5-6/h9-10,13,15H,3-8,11-12,14H2,1-2H3;2*1-5,7H. The van der Waals surface area contributed by atoms with Gasteiger partial charge in [-0.3, -0.25) is 4.21 Å². The summed E-state index contributed by atoms with van der Waals surface area (Å²) in [5, 5.41) is 17.5. The molecule has 0 saturated heterocycles. The van der Waals surface area contributed by atoms with Crippen molar-refractivity contribution in [3.8, 4) is 23.0 Å². The van der Waals surface area contributed by atoms with Crippen LogP contribution in [0.2, 0.25) is 0 Å². The Morgan fingerprint density at radius 3 is 1.89 bits per heavy atom. The van der Waals surface area contributed by atoms with Crippen LogP contribution in [0.15, 0.2) is 78.9 Å². The fourth-order valence-electron chi connectivity index (χ4n) is 3.57. The highest BCUT2D eigenvalue weighted by molar-refractivity contribution is 7.85. The Hall–Kier alpha value is -2.99. The molecule has 0 aromatic heterocycles. The van der Waals surface area contributed by atoms with Gasteiger partial charge in [0.2, 0.25) is 6.79 Å². The van der Waals surface area contributed by atoms with Crippen LogP contribution in [0.4, 0.5) is 0 Å². The second-order valence-electron chi connectivity index (χ2n) is 8.73. The average molecular weight is 513 g/mol. The van der Waals surface area contributed by atoms with E-state index >= 15 is 0 Å². The Morgan fingerprint density at radius 2 is 1.33 bits per heavy atom. The first-order chi connectivity index (χ1) is 17.5. The first-order valence-electron chi connectivity index (χ1n) is 12.7. The predicted molar refractivity (Wildman–Crippen MR) is 148 cm³/mol. The molecule has 5 nitrogen and oxygen atoms in total. The topological polar surface area (TPSA) is 76.0 Å². The van der Waals surface area contributed by atoms with Crippen LogP contribution in [0, 0.1) is 0 Å². The third-order valence-electron chi connectivity index (χ3n) is 5.62. The van der Waals surface area contributed by atoms with Crippen LogP contribution in [0.5, 0.6) is 23.0 Å². The number of benzene rings is 3. The predicted octanol–water partition coefficient (Wildman–Crippen LogP) is 7.24. The summed E-state index contributed by atoms with van der Waals surface area (Å²) in [5.41, 5.74) is 1.17. The summed E-state index contributed by atoms with van der Waals surface area (Å²) in [7, 11) is -0.743. The van der Waals surface area contributed by atoms with Gasteiger partial charge in [-0.15, -0.1) is 0 Å². The molecule has 0 amide bonds. The van der Waals surface area contributed by atoms with Crippen LogP contribution in [-0.4, -0.2) is 32.2 Å². The van der Waals surface area contributed by atoms with Gasteiger partial charge in [-0.2, -0.15) is 0 Å². The molecule has 3 aromatic rings. The van der Waals surface area contributed by atoms with E-state index in [9.17, 15) is 4.21 Å². The van der Waals surface area contributed by atoms with Crippen LogP contribution >= 0.6 is 0 Å². The fourth-order valence-corrected chi connectivity index (χ4v) is 4.84. The first-order valence-corrected chi connectivity index (χ1v) is 14.1. The van der Waals surface area contributed by atoms with E-state index in [2.05, 4.69) is 13.8 Å². The SMILES string of the molecule is CCCCCCCCS(=O)C(C)Cc1ccc2c(c1)OCO2.Oc1ccccc1.Oc1ccccc1. The maximum atomic E-state index is 12.3. The Balaban J connectivity index is 0.000000262. The molecule has 3 aromatic carbocycles. The normalized spacial score (nSPS) is 12.9. The van der Waals surface area contributed by atoms with Crippen LogP contribution in [0.3, 0.4) is 0 Å². The second-order valence-corrected chi connectivity index (χ2v) is 10.7. The molecule has 1 heterocycles. The van der Waals surface area contributed by atoms with E-state index in [4.69, 9.17) is 19.7 Å². The summed E-state index contributed by atoms with van der Waals surface area (Å²) in [4.78, 5) is 0. The lowest BCUT2D eigenvalue weighted by molar-refractivity contribution is 0.174. The molecular weight excluding hydrogens is 472 g/mol. The van der Waals surface area contributed by atoms with E-state index in [0.29, 0.717) is 18.3 Å². The highest BCUT2D eigenvalue weighted by Gasteiger charge is 2.16. The number of fused-ring (bicyclic) bond motifs is 1. The van der Waals surface area contributed by atoms with E-state index in [1.807, 2.05) is 30.3 Å². The van der Waals surface area contributed by atoms with Crippen molar-refractivity contribution >= 4 is 10.8 Å². The molecule has 36 heavy (non-hydrogen) atoms. The lowest BCUT2D eigenvalue weighted by Crippen LogP contribution is -2.16. The summed E-state index contributed by atoms with van der Waals surface area (Å²) < 4.78 is 23.0. The number of para-hydroxylation sites is 2. The van der Waals surface area contributed by atoms with Crippen LogP contribution in [0.25, 0.3) is 0 Å². The van der Waals surface area contributed by atoms with E-state index in [1.165, 1.54) is 37.7 Å². The first kappa shape index (κ1) is 29.2. The fraction of sp³-hybridized carbons (Fsp3) is 0.400. The lowest BCUT2D eigenvalue weighted by Gasteiger charge is -2.12. The quantitative estimate of drug-likeness (QED) is 0.280. The molecule has 1 aliphatic heterocycles. The lowest BCUT2D eigenvalue weighted by atomic mass is 10.1. The van der Waals surface area contributed by atoms with Gasteiger partial charge in [0.25, 0.3) is 0 Å². The number of rotatable bonds is 10. The van der Waals surface area contributed by atoms with Crippen LogP contribution in [0.1, 0.15) is 57.9 Å². The number of phenolic OH excluding ortho intramolecular Hbond substituents is 2. The molecule has 0 aliphatic carbocycles. The molecule has 0 radical (unpaired) electrons. The zero-order chi connectivity index (χ0) is 26.0. The molecule has 0 fully saturated rings. The van der Waals surface area contributed by atoms with Crippen molar-refractivity contribution in [1.82, 2.24) is 0 Å². The minimum atomic E-state index is -0.743. The van der Waals surface area contributed by atoms with Crippen molar-refractivity contribution in [3.63, 3.8) is 0 Å². The average Bonchev–Trinajstić information content (AvgIpc) is 3.36.